The van der Waals surface area contributed by atoms with Crippen LogP contribution in [-0.4, -0.2) is 31.2 Å². The fourth-order valence-corrected chi connectivity index (χ4v) is 2.10. The smallest absolute Gasteiger partial charge is 0.335 e. The van der Waals surface area contributed by atoms with Gasteiger partial charge >= 0.3 is 5.97 Å². The summed E-state index contributed by atoms with van der Waals surface area (Å²) < 4.78 is 10.0. The zero-order valence-electron chi connectivity index (χ0n) is 11.1. The zero-order valence-corrected chi connectivity index (χ0v) is 11.9. The van der Waals surface area contributed by atoms with Crippen molar-refractivity contribution in [2.24, 2.45) is 0 Å². The highest BCUT2D eigenvalue weighted by Gasteiger charge is 2.25. The summed E-state index contributed by atoms with van der Waals surface area (Å²) in [5, 5.41) is 11.5. The number of nitriles is 1. The number of amides is 1. The van der Waals surface area contributed by atoms with Gasteiger partial charge in [-0.25, -0.2) is 4.79 Å². The van der Waals surface area contributed by atoms with Gasteiger partial charge in [0.15, 0.2) is 12.7 Å². The van der Waals surface area contributed by atoms with E-state index in [4.69, 9.17) is 26.3 Å². The van der Waals surface area contributed by atoms with Gasteiger partial charge in [0.2, 0.25) is 0 Å². The van der Waals surface area contributed by atoms with Gasteiger partial charge in [0.1, 0.15) is 6.07 Å². The van der Waals surface area contributed by atoms with Crippen LogP contribution in [0.15, 0.2) is 18.2 Å². The summed E-state index contributed by atoms with van der Waals surface area (Å²) in [7, 11) is 0. The molecule has 1 aliphatic heterocycles. The van der Waals surface area contributed by atoms with E-state index in [0.29, 0.717) is 24.3 Å². The fraction of sp³-hybridized carbons (Fsp3) is 0.357. The van der Waals surface area contributed by atoms with Crippen LogP contribution >= 0.6 is 11.6 Å². The molecule has 1 aromatic carbocycles. The molecule has 0 aromatic heterocycles. The Hall–Kier alpha value is -2.10. The first kappa shape index (κ1) is 15.3. The van der Waals surface area contributed by atoms with Crippen LogP contribution in [0.2, 0.25) is 5.02 Å². The number of rotatable bonds is 4. The van der Waals surface area contributed by atoms with Crippen LogP contribution in [0.3, 0.4) is 0 Å². The number of nitrogens with zero attached hydrogens (tertiary/aromatic N) is 1. The molecule has 0 unspecified atom stereocenters. The summed E-state index contributed by atoms with van der Waals surface area (Å²) in [5.41, 5.74) is 0.747. The van der Waals surface area contributed by atoms with E-state index in [1.165, 1.54) is 12.1 Å². The monoisotopic (exact) mass is 308 g/mol. The van der Waals surface area contributed by atoms with Crippen LogP contribution in [-0.2, 0) is 19.1 Å². The number of nitrogens with one attached hydrogen (secondary N) is 1. The molecular weight excluding hydrogens is 296 g/mol. The molecule has 6 nitrogen and oxygen atoms in total. The Morgan fingerprint density at radius 1 is 1.52 bits per heavy atom. The van der Waals surface area contributed by atoms with Gasteiger partial charge in [-0.2, -0.15) is 5.26 Å². The van der Waals surface area contributed by atoms with E-state index in [1.54, 1.807) is 6.07 Å². The van der Waals surface area contributed by atoms with Gasteiger partial charge in [-0.3, -0.25) is 4.79 Å². The Labute approximate surface area is 126 Å². The number of anilines is 1. The van der Waals surface area contributed by atoms with Gasteiger partial charge in [0.05, 0.1) is 10.6 Å². The standard InChI is InChI=1S/C14H13ClN2O4/c15-11-6-10(4-3-9(11)7-16)17-13(18)8-21-14(19)12-2-1-5-20-12/h3-4,6,12H,1-2,5,8H2,(H,17,18)/t12-/m1/s1. The molecule has 1 fully saturated rings. The Morgan fingerprint density at radius 3 is 2.95 bits per heavy atom. The van der Waals surface area contributed by atoms with Crippen molar-refractivity contribution in [3.63, 3.8) is 0 Å². The molecule has 0 saturated carbocycles. The van der Waals surface area contributed by atoms with E-state index in [9.17, 15) is 9.59 Å². The quantitative estimate of drug-likeness (QED) is 0.858. The van der Waals surface area contributed by atoms with Gasteiger partial charge in [-0.05, 0) is 31.0 Å². The number of ether oxygens (including phenoxy) is 2. The van der Waals surface area contributed by atoms with Crippen LogP contribution in [0.5, 0.6) is 0 Å². The SMILES string of the molecule is N#Cc1ccc(NC(=O)COC(=O)[C@H]2CCCO2)cc1Cl. The van der Waals surface area contributed by atoms with Crippen LogP contribution in [0.25, 0.3) is 0 Å². The molecule has 0 radical (unpaired) electrons. The lowest BCUT2D eigenvalue weighted by atomic mass is 10.2. The second kappa shape index (κ2) is 7.07. The lowest BCUT2D eigenvalue weighted by molar-refractivity contribution is -0.156. The van der Waals surface area contributed by atoms with Crippen LogP contribution in [0.4, 0.5) is 5.69 Å². The Morgan fingerprint density at radius 2 is 2.33 bits per heavy atom. The van der Waals surface area contributed by atoms with Crippen molar-refractivity contribution >= 4 is 29.2 Å². The highest BCUT2D eigenvalue weighted by atomic mass is 35.5. The highest BCUT2D eigenvalue weighted by Crippen LogP contribution is 2.20. The van der Waals surface area contributed by atoms with Crippen molar-refractivity contribution in [3.05, 3.63) is 28.8 Å². The van der Waals surface area contributed by atoms with E-state index in [2.05, 4.69) is 5.32 Å². The average Bonchev–Trinajstić information content (AvgIpc) is 2.99. The third kappa shape index (κ3) is 4.18. The molecule has 0 spiro atoms. The normalized spacial score (nSPS) is 17.0. The van der Waals surface area contributed by atoms with Gasteiger partial charge in [-0.1, -0.05) is 11.6 Å². The first-order valence-electron chi connectivity index (χ1n) is 6.38. The van der Waals surface area contributed by atoms with Crippen LogP contribution < -0.4 is 5.32 Å². The molecule has 0 bridgehead atoms. The molecular formula is C14H13ClN2O4. The molecule has 1 heterocycles. The number of carbonyl (C=O) groups is 2. The van der Waals surface area contributed by atoms with Gasteiger partial charge in [0.25, 0.3) is 5.91 Å². The molecule has 1 saturated heterocycles. The highest BCUT2D eigenvalue weighted by molar-refractivity contribution is 6.32. The summed E-state index contributed by atoms with van der Waals surface area (Å²) >= 11 is 5.85. The maximum Gasteiger partial charge on any atom is 0.335 e. The molecule has 1 N–H and O–H groups in total. The third-order valence-electron chi connectivity index (χ3n) is 2.91. The summed E-state index contributed by atoms with van der Waals surface area (Å²) in [5.74, 6) is -1.01. The predicted octanol–water partition coefficient (Wildman–Crippen LogP) is 1.87. The molecule has 1 aliphatic rings. The number of halogens is 1. The van der Waals surface area contributed by atoms with E-state index in [-0.39, 0.29) is 5.02 Å². The lowest BCUT2D eigenvalue weighted by Gasteiger charge is -2.10. The van der Waals surface area contributed by atoms with E-state index in [0.717, 1.165) is 6.42 Å². The second-order valence-electron chi connectivity index (χ2n) is 4.46. The summed E-state index contributed by atoms with van der Waals surface area (Å²) in [6.45, 7) is 0.145. The molecule has 7 heteroatoms. The van der Waals surface area contributed by atoms with Crippen LogP contribution in [0, 0.1) is 11.3 Å². The van der Waals surface area contributed by atoms with Crippen molar-refractivity contribution in [1.29, 1.82) is 5.26 Å². The number of benzene rings is 1. The van der Waals surface area contributed by atoms with Gasteiger partial charge in [0, 0.05) is 12.3 Å². The van der Waals surface area contributed by atoms with Crippen molar-refractivity contribution in [1.82, 2.24) is 0 Å². The molecule has 1 aromatic rings. The fourth-order valence-electron chi connectivity index (χ4n) is 1.87. The minimum Gasteiger partial charge on any atom is -0.454 e. The Kier molecular flexibility index (Phi) is 5.14. The number of hydrogen-bond acceptors (Lipinski definition) is 5. The minimum absolute atomic E-state index is 0.242. The van der Waals surface area contributed by atoms with E-state index in [1.807, 2.05) is 6.07 Å². The van der Waals surface area contributed by atoms with Crippen molar-refractivity contribution < 1.29 is 19.1 Å². The summed E-state index contributed by atoms with van der Waals surface area (Å²) in [6, 6.07) is 6.42. The topological polar surface area (TPSA) is 88.4 Å². The van der Waals surface area contributed by atoms with E-state index >= 15 is 0 Å². The van der Waals surface area contributed by atoms with Crippen molar-refractivity contribution in [3.8, 4) is 6.07 Å². The van der Waals surface area contributed by atoms with E-state index < -0.39 is 24.6 Å². The molecule has 21 heavy (non-hydrogen) atoms. The predicted molar refractivity (Wildman–Crippen MR) is 74.7 cm³/mol. The Balaban J connectivity index is 1.83. The number of carbonyl (C=O) groups excluding carboxylic acids is 2. The first-order valence-corrected chi connectivity index (χ1v) is 6.75. The maximum absolute atomic E-state index is 11.7. The third-order valence-corrected chi connectivity index (χ3v) is 3.22. The number of hydrogen-bond donors (Lipinski definition) is 1. The second-order valence-corrected chi connectivity index (χ2v) is 4.87. The first-order chi connectivity index (χ1) is 10.1. The largest absolute Gasteiger partial charge is 0.454 e. The maximum atomic E-state index is 11.7. The molecule has 0 aliphatic carbocycles. The summed E-state index contributed by atoms with van der Waals surface area (Å²) in [6.07, 6.45) is 0.864. The molecule has 1 atom stereocenters. The van der Waals surface area contributed by atoms with Crippen LogP contribution in [0.1, 0.15) is 18.4 Å². The molecule has 1 amide bonds. The minimum atomic E-state index is -0.567. The lowest BCUT2D eigenvalue weighted by Crippen LogP contribution is -2.27. The summed E-state index contributed by atoms with van der Waals surface area (Å²) in [4.78, 5) is 23.2. The molecule has 110 valence electrons. The van der Waals surface area contributed by atoms with Crippen molar-refractivity contribution in [2.75, 3.05) is 18.5 Å². The number of esters is 1. The van der Waals surface area contributed by atoms with Gasteiger partial charge < -0.3 is 14.8 Å². The van der Waals surface area contributed by atoms with Crippen molar-refractivity contribution in [2.45, 2.75) is 18.9 Å². The molecule has 2 rings (SSSR count). The van der Waals surface area contributed by atoms with Gasteiger partial charge in [-0.15, -0.1) is 0 Å². The zero-order chi connectivity index (χ0) is 15.2. The Bertz CT molecular complexity index is 591. The average molecular weight is 309 g/mol.